The molecule has 0 spiro atoms. The Balaban J connectivity index is 1.68. The Labute approximate surface area is 103 Å². The third-order valence-electron chi connectivity index (χ3n) is 3.66. The van der Waals surface area contributed by atoms with Crippen LogP contribution in [0.15, 0.2) is 0 Å². The molecule has 17 heavy (non-hydrogen) atoms. The van der Waals surface area contributed by atoms with Crippen molar-refractivity contribution in [3.8, 4) is 0 Å². The van der Waals surface area contributed by atoms with E-state index < -0.39 is 0 Å². The van der Waals surface area contributed by atoms with Crippen LogP contribution in [-0.4, -0.2) is 63.3 Å². The molecule has 1 amide bonds. The summed E-state index contributed by atoms with van der Waals surface area (Å²) in [5, 5.41) is 6.39. The first-order chi connectivity index (χ1) is 8.29. The first-order valence-corrected chi connectivity index (χ1v) is 6.52. The largest absolute Gasteiger partial charge is 0.383 e. The molecule has 98 valence electrons. The second-order valence-electron chi connectivity index (χ2n) is 4.98. The molecule has 2 aliphatic rings. The molecule has 0 aromatic carbocycles. The van der Waals surface area contributed by atoms with Crippen molar-refractivity contribution in [2.75, 3.05) is 46.4 Å². The van der Waals surface area contributed by atoms with E-state index in [9.17, 15) is 4.79 Å². The van der Waals surface area contributed by atoms with Crippen molar-refractivity contribution >= 4 is 5.91 Å². The number of amides is 1. The summed E-state index contributed by atoms with van der Waals surface area (Å²) in [6, 6.07) is 0.333. The Morgan fingerprint density at radius 1 is 1.53 bits per heavy atom. The molecule has 2 aliphatic heterocycles. The van der Waals surface area contributed by atoms with Crippen LogP contribution in [0.1, 0.15) is 12.8 Å². The molecule has 2 rings (SSSR count). The Kier molecular flexibility index (Phi) is 4.76. The number of nitrogens with one attached hydrogen (secondary N) is 2. The van der Waals surface area contributed by atoms with Gasteiger partial charge in [0.2, 0.25) is 5.91 Å². The maximum atomic E-state index is 11.9. The van der Waals surface area contributed by atoms with Crippen molar-refractivity contribution in [2.24, 2.45) is 5.92 Å². The molecule has 0 saturated carbocycles. The minimum absolute atomic E-state index is 0.183. The van der Waals surface area contributed by atoms with Gasteiger partial charge in [-0.05, 0) is 19.4 Å². The van der Waals surface area contributed by atoms with Gasteiger partial charge in [-0.15, -0.1) is 0 Å². The summed E-state index contributed by atoms with van der Waals surface area (Å²) in [6.45, 7) is 5.59. The highest BCUT2D eigenvalue weighted by Crippen LogP contribution is 2.12. The third-order valence-corrected chi connectivity index (χ3v) is 3.66. The normalized spacial score (nSPS) is 29.7. The number of nitrogens with zero attached hydrogens (tertiary/aromatic N) is 1. The van der Waals surface area contributed by atoms with Crippen molar-refractivity contribution in [3.63, 3.8) is 0 Å². The fourth-order valence-electron chi connectivity index (χ4n) is 2.57. The fourth-order valence-corrected chi connectivity index (χ4v) is 2.57. The van der Waals surface area contributed by atoms with Crippen molar-refractivity contribution in [3.05, 3.63) is 0 Å². The van der Waals surface area contributed by atoms with E-state index in [1.807, 2.05) is 0 Å². The number of hydrogen-bond donors (Lipinski definition) is 2. The second kappa shape index (κ2) is 6.33. The lowest BCUT2D eigenvalue weighted by Crippen LogP contribution is -2.41. The van der Waals surface area contributed by atoms with Gasteiger partial charge in [-0.2, -0.15) is 0 Å². The highest BCUT2D eigenvalue weighted by Gasteiger charge is 2.28. The van der Waals surface area contributed by atoms with Gasteiger partial charge < -0.3 is 15.4 Å². The lowest BCUT2D eigenvalue weighted by Gasteiger charge is -2.17. The number of likely N-dealkylation sites (tertiary alicyclic amines) is 1. The van der Waals surface area contributed by atoms with E-state index in [0.29, 0.717) is 6.04 Å². The van der Waals surface area contributed by atoms with Crippen LogP contribution in [0.4, 0.5) is 0 Å². The van der Waals surface area contributed by atoms with Gasteiger partial charge in [-0.1, -0.05) is 0 Å². The molecule has 2 N–H and O–H groups in total. The van der Waals surface area contributed by atoms with Crippen LogP contribution >= 0.6 is 0 Å². The van der Waals surface area contributed by atoms with E-state index >= 15 is 0 Å². The van der Waals surface area contributed by atoms with Gasteiger partial charge in [-0.3, -0.25) is 9.69 Å². The summed E-state index contributed by atoms with van der Waals surface area (Å²) in [6.07, 6.45) is 2.04. The van der Waals surface area contributed by atoms with Gasteiger partial charge in [-0.25, -0.2) is 0 Å². The molecule has 2 saturated heterocycles. The van der Waals surface area contributed by atoms with Crippen LogP contribution in [0.2, 0.25) is 0 Å². The predicted molar refractivity (Wildman–Crippen MR) is 65.8 cm³/mol. The molecule has 2 unspecified atom stereocenters. The molecular formula is C12H23N3O2. The molecule has 0 radical (unpaired) electrons. The van der Waals surface area contributed by atoms with Crippen LogP contribution in [-0.2, 0) is 9.53 Å². The number of ether oxygens (including phenoxy) is 1. The van der Waals surface area contributed by atoms with Crippen molar-refractivity contribution in [1.29, 1.82) is 0 Å². The third kappa shape index (κ3) is 3.66. The van der Waals surface area contributed by atoms with E-state index in [1.54, 1.807) is 7.11 Å². The Morgan fingerprint density at radius 3 is 3.12 bits per heavy atom. The molecule has 2 atom stereocenters. The van der Waals surface area contributed by atoms with E-state index in [-0.39, 0.29) is 11.8 Å². The topological polar surface area (TPSA) is 53.6 Å². The summed E-state index contributed by atoms with van der Waals surface area (Å²) in [7, 11) is 1.72. The van der Waals surface area contributed by atoms with Gasteiger partial charge >= 0.3 is 0 Å². The smallest absolute Gasteiger partial charge is 0.224 e. The standard InChI is InChI=1S/C12H23N3O2/c1-17-7-6-15-5-3-11(9-15)14-12(16)10-2-4-13-8-10/h10-11,13H,2-9H2,1H3,(H,14,16). The lowest BCUT2D eigenvalue weighted by atomic mass is 10.1. The zero-order chi connectivity index (χ0) is 12.1. The maximum absolute atomic E-state index is 11.9. The Bertz CT molecular complexity index is 254. The molecule has 0 aliphatic carbocycles. The van der Waals surface area contributed by atoms with E-state index in [2.05, 4.69) is 15.5 Å². The summed E-state index contributed by atoms with van der Waals surface area (Å²) in [5.74, 6) is 0.414. The van der Waals surface area contributed by atoms with Crippen LogP contribution in [0.25, 0.3) is 0 Å². The molecule has 0 aromatic heterocycles. The summed E-state index contributed by atoms with van der Waals surface area (Å²) < 4.78 is 5.06. The summed E-state index contributed by atoms with van der Waals surface area (Å²) in [5.41, 5.74) is 0. The maximum Gasteiger partial charge on any atom is 0.224 e. The average Bonchev–Trinajstić information content (AvgIpc) is 2.97. The average molecular weight is 241 g/mol. The molecule has 2 fully saturated rings. The van der Waals surface area contributed by atoms with E-state index in [1.165, 1.54) is 0 Å². The van der Waals surface area contributed by atoms with Crippen LogP contribution in [0, 0.1) is 5.92 Å². The molecule has 0 aromatic rings. The minimum Gasteiger partial charge on any atom is -0.383 e. The zero-order valence-corrected chi connectivity index (χ0v) is 10.6. The van der Waals surface area contributed by atoms with Crippen molar-refractivity contribution in [2.45, 2.75) is 18.9 Å². The molecule has 0 bridgehead atoms. The van der Waals surface area contributed by atoms with Gasteiger partial charge in [0.05, 0.1) is 12.5 Å². The first kappa shape index (κ1) is 12.8. The van der Waals surface area contributed by atoms with Gasteiger partial charge in [0, 0.05) is 39.3 Å². The van der Waals surface area contributed by atoms with Gasteiger partial charge in [0.1, 0.15) is 0 Å². The van der Waals surface area contributed by atoms with Gasteiger partial charge in [0.25, 0.3) is 0 Å². The summed E-state index contributed by atoms with van der Waals surface area (Å²) in [4.78, 5) is 14.3. The molecule has 5 heteroatoms. The predicted octanol–water partition coefficient (Wildman–Crippen LogP) is -0.567. The lowest BCUT2D eigenvalue weighted by molar-refractivity contribution is -0.125. The van der Waals surface area contributed by atoms with Crippen LogP contribution in [0.3, 0.4) is 0 Å². The SMILES string of the molecule is COCCN1CCC(NC(=O)C2CCNC2)C1. The monoisotopic (exact) mass is 241 g/mol. The molecule has 5 nitrogen and oxygen atoms in total. The zero-order valence-electron chi connectivity index (χ0n) is 10.6. The first-order valence-electron chi connectivity index (χ1n) is 6.52. The van der Waals surface area contributed by atoms with Crippen molar-refractivity contribution in [1.82, 2.24) is 15.5 Å². The number of methoxy groups -OCH3 is 1. The number of rotatable bonds is 5. The van der Waals surface area contributed by atoms with E-state index in [0.717, 1.165) is 52.2 Å². The minimum atomic E-state index is 0.183. The highest BCUT2D eigenvalue weighted by molar-refractivity contribution is 5.79. The van der Waals surface area contributed by atoms with Crippen LogP contribution in [0.5, 0.6) is 0 Å². The Hall–Kier alpha value is -0.650. The van der Waals surface area contributed by atoms with Crippen LogP contribution < -0.4 is 10.6 Å². The highest BCUT2D eigenvalue weighted by atomic mass is 16.5. The summed E-state index contributed by atoms with van der Waals surface area (Å²) >= 11 is 0. The van der Waals surface area contributed by atoms with E-state index in [4.69, 9.17) is 4.74 Å². The molecule has 2 heterocycles. The number of carbonyl (C=O) groups is 1. The number of carbonyl (C=O) groups excluding carboxylic acids is 1. The Morgan fingerprint density at radius 2 is 2.41 bits per heavy atom. The molecular weight excluding hydrogens is 218 g/mol. The second-order valence-corrected chi connectivity index (χ2v) is 4.98. The number of hydrogen-bond acceptors (Lipinski definition) is 4. The van der Waals surface area contributed by atoms with Gasteiger partial charge in [0.15, 0.2) is 0 Å². The van der Waals surface area contributed by atoms with Crippen molar-refractivity contribution < 1.29 is 9.53 Å². The fraction of sp³-hybridized carbons (Fsp3) is 0.917. The quantitative estimate of drug-likeness (QED) is 0.677.